The van der Waals surface area contributed by atoms with Crippen molar-refractivity contribution in [2.24, 2.45) is 0 Å². The Morgan fingerprint density at radius 2 is 1.86 bits per heavy atom. The molecule has 0 bridgehead atoms. The van der Waals surface area contributed by atoms with Crippen molar-refractivity contribution >= 4 is 22.7 Å². The molecule has 1 N–H and O–H groups in total. The van der Waals surface area contributed by atoms with E-state index in [2.05, 4.69) is 0 Å². The van der Waals surface area contributed by atoms with E-state index in [9.17, 15) is 13.8 Å². The van der Waals surface area contributed by atoms with Crippen LogP contribution in [0.25, 0.3) is 0 Å². The second-order valence-electron chi connectivity index (χ2n) is 3.05. The second-order valence-corrected chi connectivity index (χ2v) is 4.80. The van der Waals surface area contributed by atoms with Crippen molar-refractivity contribution in [3.05, 3.63) is 0 Å². The molecule has 0 amide bonds. The minimum absolute atomic E-state index is 0.285. The maximum Gasteiger partial charge on any atom is 0.321 e. The van der Waals surface area contributed by atoms with Crippen molar-refractivity contribution in [2.45, 2.75) is 32.1 Å². The van der Waals surface area contributed by atoms with Gasteiger partial charge in [0.25, 0.3) is 0 Å². The molecule has 0 aliphatic carbocycles. The van der Waals surface area contributed by atoms with Crippen molar-refractivity contribution in [2.75, 3.05) is 5.75 Å². The van der Waals surface area contributed by atoms with E-state index >= 15 is 0 Å². The Balaban J connectivity index is 4.17. The highest BCUT2D eigenvalue weighted by molar-refractivity contribution is 7.87. The lowest BCUT2D eigenvalue weighted by Gasteiger charge is -2.12. The van der Waals surface area contributed by atoms with Crippen molar-refractivity contribution in [1.82, 2.24) is 0 Å². The fraction of sp³-hybridized carbons (Fsp3) is 0.750. The van der Waals surface area contributed by atoms with Crippen LogP contribution in [0, 0.1) is 0 Å². The molecule has 0 aliphatic heterocycles. The highest BCUT2D eigenvalue weighted by atomic mass is 32.2. The summed E-state index contributed by atoms with van der Waals surface area (Å²) in [4.78, 5) is 21.4. The molecular weight excluding hydrogens is 208 g/mol. The summed E-state index contributed by atoms with van der Waals surface area (Å²) >= 11 is 0. The predicted molar refractivity (Wildman–Crippen MR) is 51.3 cm³/mol. The molecule has 0 rings (SSSR count). The van der Waals surface area contributed by atoms with Crippen LogP contribution in [0.2, 0.25) is 0 Å². The van der Waals surface area contributed by atoms with Crippen LogP contribution in [0.4, 0.5) is 0 Å². The maximum atomic E-state index is 11.2. The number of carboxylic acids is 1. The first-order valence-corrected chi connectivity index (χ1v) is 5.52. The molecule has 0 saturated heterocycles. The summed E-state index contributed by atoms with van der Waals surface area (Å²) in [5.74, 6) is -2.35. The summed E-state index contributed by atoms with van der Waals surface area (Å²) in [6, 6.07) is 0. The molecule has 0 aromatic carbocycles. The average Bonchev–Trinajstić information content (AvgIpc) is 2.00. The van der Waals surface area contributed by atoms with Gasteiger partial charge in [0.1, 0.15) is 11.0 Å². The van der Waals surface area contributed by atoms with Crippen molar-refractivity contribution in [1.29, 1.82) is 0 Å². The summed E-state index contributed by atoms with van der Waals surface area (Å²) in [6.07, 6.45) is -0.285. The summed E-state index contributed by atoms with van der Waals surface area (Å²) in [6.45, 7) is 4.74. The number of hydrogen-bond acceptors (Lipinski definition) is 4. The van der Waals surface area contributed by atoms with Crippen LogP contribution in [-0.4, -0.2) is 38.4 Å². The number of carboxylic acid groups (broad SMARTS) is 1. The second kappa shape index (κ2) is 5.74. The topological polar surface area (TPSA) is 80.7 Å². The van der Waals surface area contributed by atoms with Gasteiger partial charge in [-0.05, 0) is 20.8 Å². The minimum atomic E-state index is -1.72. The van der Waals surface area contributed by atoms with Crippen molar-refractivity contribution < 1.29 is 23.6 Å². The molecule has 0 radical (unpaired) electrons. The van der Waals surface area contributed by atoms with Crippen LogP contribution in [0.1, 0.15) is 20.8 Å². The number of rotatable bonds is 5. The largest absolute Gasteiger partial charge is 0.481 e. The van der Waals surface area contributed by atoms with Crippen molar-refractivity contribution in [3.8, 4) is 0 Å². The normalized spacial score (nSPS) is 14.9. The van der Waals surface area contributed by atoms with Crippen molar-refractivity contribution in [3.63, 3.8) is 0 Å². The first-order chi connectivity index (χ1) is 6.34. The van der Waals surface area contributed by atoms with Gasteiger partial charge >= 0.3 is 11.9 Å². The van der Waals surface area contributed by atoms with E-state index in [1.165, 1.54) is 6.92 Å². The smallest absolute Gasteiger partial charge is 0.321 e. The monoisotopic (exact) mass is 222 g/mol. The molecule has 82 valence electrons. The van der Waals surface area contributed by atoms with E-state index in [1.807, 2.05) is 0 Å². The van der Waals surface area contributed by atoms with Crippen LogP contribution < -0.4 is 0 Å². The number of ether oxygens (including phenoxy) is 1. The zero-order chi connectivity index (χ0) is 11.3. The number of esters is 1. The average molecular weight is 222 g/mol. The molecule has 5 nitrogen and oxygen atoms in total. The fourth-order valence-electron chi connectivity index (χ4n) is 0.682. The highest BCUT2D eigenvalue weighted by Gasteiger charge is 2.23. The van der Waals surface area contributed by atoms with Gasteiger partial charge in [0.15, 0.2) is 0 Å². The van der Waals surface area contributed by atoms with Gasteiger partial charge in [-0.15, -0.1) is 0 Å². The summed E-state index contributed by atoms with van der Waals surface area (Å²) in [5.41, 5.74) is 0. The van der Waals surface area contributed by atoms with Gasteiger partial charge in [-0.3, -0.25) is 13.8 Å². The number of hydrogen-bond donors (Lipinski definition) is 1. The molecule has 2 unspecified atom stereocenters. The van der Waals surface area contributed by atoms with E-state index in [0.29, 0.717) is 0 Å². The summed E-state index contributed by atoms with van der Waals surface area (Å²) in [5, 5.41) is 7.46. The Kier molecular flexibility index (Phi) is 5.37. The molecule has 0 spiro atoms. The zero-order valence-corrected chi connectivity index (χ0v) is 9.17. The van der Waals surface area contributed by atoms with Gasteiger partial charge in [-0.2, -0.15) is 0 Å². The number of aliphatic carboxylic acids is 1. The molecule has 0 heterocycles. The molecule has 0 aromatic heterocycles. The first-order valence-electron chi connectivity index (χ1n) is 4.14. The molecule has 14 heavy (non-hydrogen) atoms. The predicted octanol–water partition coefficient (Wildman–Crippen LogP) is 0.160. The van der Waals surface area contributed by atoms with Gasteiger partial charge < -0.3 is 9.84 Å². The quantitative estimate of drug-likeness (QED) is 0.670. The highest BCUT2D eigenvalue weighted by Crippen LogP contribution is 2.01. The lowest BCUT2D eigenvalue weighted by atomic mass is 10.4. The van der Waals surface area contributed by atoms with Gasteiger partial charge in [0.05, 0.1) is 6.10 Å². The molecule has 0 fully saturated rings. The van der Waals surface area contributed by atoms with E-state index in [0.717, 1.165) is 0 Å². The Hall–Kier alpha value is -0.910. The molecule has 2 atom stereocenters. The zero-order valence-electron chi connectivity index (χ0n) is 8.35. The van der Waals surface area contributed by atoms with Crippen LogP contribution in [0.15, 0.2) is 0 Å². The Morgan fingerprint density at radius 3 is 2.21 bits per heavy atom. The summed E-state index contributed by atoms with van der Waals surface area (Å²) in [7, 11) is -1.72. The van der Waals surface area contributed by atoms with Crippen LogP contribution in [0.5, 0.6) is 0 Å². The molecule has 0 saturated carbocycles. The molecule has 0 aliphatic rings. The van der Waals surface area contributed by atoms with Gasteiger partial charge in [0.2, 0.25) is 0 Å². The number of carbonyl (C=O) groups is 2. The minimum Gasteiger partial charge on any atom is -0.481 e. The standard InChI is InChI=1S/C8H14O5S/c1-5(2)13-8(11)6(3)14(12)4-7(9)10/h5-6H,4H2,1-3H3,(H,9,10). The van der Waals surface area contributed by atoms with Gasteiger partial charge in [-0.1, -0.05) is 0 Å². The first kappa shape index (κ1) is 13.1. The van der Waals surface area contributed by atoms with Crippen LogP contribution in [0.3, 0.4) is 0 Å². The third-order valence-electron chi connectivity index (χ3n) is 1.34. The lowest BCUT2D eigenvalue weighted by molar-refractivity contribution is -0.146. The third-order valence-corrected chi connectivity index (χ3v) is 2.86. The van der Waals surface area contributed by atoms with E-state index in [-0.39, 0.29) is 6.10 Å². The molecule has 0 aromatic rings. The maximum absolute atomic E-state index is 11.2. The van der Waals surface area contributed by atoms with Crippen LogP contribution >= 0.6 is 0 Å². The van der Waals surface area contributed by atoms with Crippen LogP contribution in [-0.2, 0) is 25.1 Å². The van der Waals surface area contributed by atoms with Gasteiger partial charge in [0, 0.05) is 10.8 Å². The van der Waals surface area contributed by atoms with Gasteiger partial charge in [-0.25, -0.2) is 0 Å². The van der Waals surface area contributed by atoms with E-state index < -0.39 is 33.7 Å². The molecule has 6 heteroatoms. The fourth-order valence-corrected chi connectivity index (χ4v) is 1.45. The number of carbonyl (C=O) groups excluding carboxylic acids is 1. The lowest BCUT2D eigenvalue weighted by Crippen LogP contribution is -2.30. The van der Waals surface area contributed by atoms with E-state index in [4.69, 9.17) is 9.84 Å². The Bertz CT molecular complexity index is 248. The molecular formula is C8H14O5S. The van der Waals surface area contributed by atoms with E-state index in [1.54, 1.807) is 13.8 Å². The Labute approximate surface area is 84.9 Å². The summed E-state index contributed by atoms with van der Waals surface area (Å²) < 4.78 is 16.0. The Morgan fingerprint density at radius 1 is 1.36 bits per heavy atom. The SMILES string of the molecule is CC(C)OC(=O)C(C)S(=O)CC(=O)O. The third kappa shape index (κ3) is 4.96.